The van der Waals surface area contributed by atoms with Gasteiger partial charge in [0.2, 0.25) is 0 Å². The molecule has 0 aliphatic carbocycles. The van der Waals surface area contributed by atoms with Crippen LogP contribution in [0.4, 0.5) is 18.9 Å². The van der Waals surface area contributed by atoms with Crippen LogP contribution in [0.1, 0.15) is 11.1 Å². The van der Waals surface area contributed by atoms with E-state index in [1.54, 1.807) is 24.3 Å². The Hall–Kier alpha value is -2.42. The summed E-state index contributed by atoms with van der Waals surface area (Å²) in [7, 11) is 0. The van der Waals surface area contributed by atoms with Crippen LogP contribution in [0.2, 0.25) is 5.02 Å². The number of hydrogen-bond acceptors (Lipinski definition) is 5. The zero-order chi connectivity index (χ0) is 19.3. The molecular formula is C17H17ClF3N3O2. The molecule has 140 valence electrons. The average Bonchev–Trinajstić information content (AvgIpc) is 2.60. The van der Waals surface area contributed by atoms with Crippen LogP contribution in [0, 0.1) is 0 Å². The SMILES string of the molecule is N/C(=C\N(N)c1ccc(OCc2c(Cl)cccc2C(F)(F)F)cc1)CO. The molecule has 0 atom stereocenters. The summed E-state index contributed by atoms with van der Waals surface area (Å²) in [6.45, 7) is -0.675. The highest BCUT2D eigenvalue weighted by Gasteiger charge is 2.34. The summed E-state index contributed by atoms with van der Waals surface area (Å²) in [5.41, 5.74) is 5.23. The van der Waals surface area contributed by atoms with Crippen LogP contribution in [-0.4, -0.2) is 11.7 Å². The molecule has 2 aromatic rings. The molecule has 0 fully saturated rings. The molecule has 0 radical (unpaired) electrons. The molecule has 0 heterocycles. The third-order valence-electron chi connectivity index (χ3n) is 3.43. The van der Waals surface area contributed by atoms with Gasteiger partial charge in [-0.1, -0.05) is 17.7 Å². The van der Waals surface area contributed by atoms with Gasteiger partial charge in [-0.3, -0.25) is 5.01 Å². The highest BCUT2D eigenvalue weighted by atomic mass is 35.5. The normalized spacial score (nSPS) is 12.2. The van der Waals surface area contributed by atoms with Gasteiger partial charge in [0.05, 0.1) is 23.6 Å². The maximum Gasteiger partial charge on any atom is 0.416 e. The third-order valence-corrected chi connectivity index (χ3v) is 3.78. The van der Waals surface area contributed by atoms with Gasteiger partial charge in [0.25, 0.3) is 0 Å². The molecule has 0 aromatic heterocycles. The number of nitrogens with two attached hydrogens (primary N) is 2. The quantitative estimate of drug-likeness (QED) is 0.522. The highest BCUT2D eigenvalue weighted by molar-refractivity contribution is 6.31. The third kappa shape index (κ3) is 5.04. The molecule has 0 aliphatic rings. The van der Waals surface area contributed by atoms with Crippen LogP contribution in [0.5, 0.6) is 5.75 Å². The molecule has 2 rings (SSSR count). The van der Waals surface area contributed by atoms with Crippen LogP contribution in [-0.2, 0) is 12.8 Å². The zero-order valence-electron chi connectivity index (χ0n) is 13.5. The summed E-state index contributed by atoms with van der Waals surface area (Å²) in [5.74, 6) is 6.10. The van der Waals surface area contributed by atoms with Crippen molar-refractivity contribution in [3.8, 4) is 5.75 Å². The number of anilines is 1. The second-order valence-electron chi connectivity index (χ2n) is 5.32. The summed E-state index contributed by atoms with van der Waals surface area (Å²) in [6, 6.07) is 9.84. The van der Waals surface area contributed by atoms with Gasteiger partial charge in [0, 0.05) is 16.8 Å². The lowest BCUT2D eigenvalue weighted by Crippen LogP contribution is -2.26. The van der Waals surface area contributed by atoms with Crippen molar-refractivity contribution >= 4 is 17.3 Å². The Labute approximate surface area is 153 Å². The fourth-order valence-corrected chi connectivity index (χ4v) is 2.36. The van der Waals surface area contributed by atoms with Gasteiger partial charge >= 0.3 is 6.18 Å². The molecule has 5 nitrogen and oxygen atoms in total. The smallest absolute Gasteiger partial charge is 0.416 e. The number of halogens is 4. The van der Waals surface area contributed by atoms with Gasteiger partial charge in [-0.05, 0) is 36.4 Å². The van der Waals surface area contributed by atoms with Crippen molar-refractivity contribution in [2.75, 3.05) is 11.6 Å². The fraction of sp³-hybridized carbons (Fsp3) is 0.176. The van der Waals surface area contributed by atoms with E-state index in [0.717, 1.165) is 6.07 Å². The molecule has 0 amide bonds. The van der Waals surface area contributed by atoms with Crippen LogP contribution in [0.3, 0.4) is 0 Å². The summed E-state index contributed by atoms with van der Waals surface area (Å²) < 4.78 is 44.6. The van der Waals surface area contributed by atoms with Gasteiger partial charge in [-0.15, -0.1) is 0 Å². The Bertz CT molecular complexity index is 780. The molecule has 9 heteroatoms. The fourth-order valence-electron chi connectivity index (χ4n) is 2.13. The molecular weight excluding hydrogens is 371 g/mol. The molecule has 0 saturated carbocycles. The van der Waals surface area contributed by atoms with Crippen molar-refractivity contribution in [1.29, 1.82) is 0 Å². The summed E-state index contributed by atoms with van der Waals surface area (Å²) in [5, 5.41) is 10.0. The van der Waals surface area contributed by atoms with Gasteiger partial charge in [0.1, 0.15) is 12.4 Å². The Morgan fingerprint density at radius 1 is 1.19 bits per heavy atom. The Morgan fingerprint density at radius 3 is 2.42 bits per heavy atom. The average molecular weight is 388 g/mol. The summed E-state index contributed by atoms with van der Waals surface area (Å²) >= 11 is 5.89. The van der Waals surface area contributed by atoms with Crippen molar-refractivity contribution in [3.63, 3.8) is 0 Å². The van der Waals surface area contributed by atoms with Crippen LogP contribution >= 0.6 is 11.6 Å². The van der Waals surface area contributed by atoms with E-state index in [-0.39, 0.29) is 29.5 Å². The second kappa shape index (κ2) is 8.31. The predicted octanol–water partition coefficient (Wildman–Crippen LogP) is 3.41. The monoisotopic (exact) mass is 387 g/mol. The molecule has 0 saturated heterocycles. The summed E-state index contributed by atoms with van der Waals surface area (Å²) in [4.78, 5) is 0. The highest BCUT2D eigenvalue weighted by Crippen LogP contribution is 2.35. The van der Waals surface area contributed by atoms with Crippen molar-refractivity contribution in [2.24, 2.45) is 11.6 Å². The van der Waals surface area contributed by atoms with Gasteiger partial charge in [-0.25, -0.2) is 5.84 Å². The lowest BCUT2D eigenvalue weighted by Gasteiger charge is -2.17. The van der Waals surface area contributed by atoms with Crippen LogP contribution < -0.4 is 21.3 Å². The minimum atomic E-state index is -4.52. The number of aliphatic hydroxyl groups excluding tert-OH is 1. The van der Waals surface area contributed by atoms with Gasteiger partial charge < -0.3 is 15.6 Å². The van der Waals surface area contributed by atoms with Gasteiger partial charge in [0.15, 0.2) is 0 Å². The molecule has 0 spiro atoms. The van der Waals surface area contributed by atoms with E-state index in [1.807, 2.05) is 0 Å². The standard InChI is InChI=1S/C17H17ClF3N3O2/c18-16-3-1-2-15(17(19,20)21)14(16)10-26-13-6-4-12(5-7-13)24(23)8-11(22)9-25/h1-8,25H,9-10,22-23H2/b11-8-. The van der Waals surface area contributed by atoms with E-state index in [2.05, 4.69) is 0 Å². The number of hydrogen-bond donors (Lipinski definition) is 3. The predicted molar refractivity (Wildman–Crippen MR) is 93.3 cm³/mol. The van der Waals surface area contributed by atoms with Crippen molar-refractivity contribution in [3.05, 3.63) is 70.5 Å². The minimum absolute atomic E-state index is 0.0193. The first-order valence-electron chi connectivity index (χ1n) is 7.40. The maximum atomic E-state index is 13.1. The molecule has 2 aromatic carbocycles. The molecule has 5 N–H and O–H groups in total. The van der Waals surface area contributed by atoms with Crippen LogP contribution in [0.15, 0.2) is 54.4 Å². The number of rotatable bonds is 6. The van der Waals surface area contributed by atoms with Gasteiger partial charge in [-0.2, -0.15) is 13.2 Å². The first kappa shape index (κ1) is 19.9. The number of nitrogens with zero attached hydrogens (tertiary/aromatic N) is 1. The van der Waals surface area contributed by atoms with Crippen molar-refractivity contribution in [2.45, 2.75) is 12.8 Å². The maximum absolute atomic E-state index is 13.1. The first-order valence-corrected chi connectivity index (χ1v) is 7.78. The zero-order valence-corrected chi connectivity index (χ0v) is 14.3. The first-order chi connectivity index (χ1) is 12.2. The van der Waals surface area contributed by atoms with Crippen molar-refractivity contribution < 1.29 is 23.0 Å². The molecule has 0 bridgehead atoms. The number of hydrazine groups is 1. The number of ether oxygens (including phenoxy) is 1. The molecule has 26 heavy (non-hydrogen) atoms. The van der Waals surface area contributed by atoms with E-state index in [0.29, 0.717) is 11.4 Å². The number of alkyl halides is 3. The largest absolute Gasteiger partial charge is 0.489 e. The molecule has 0 unspecified atom stereocenters. The lowest BCUT2D eigenvalue weighted by atomic mass is 10.1. The Balaban J connectivity index is 2.12. The second-order valence-corrected chi connectivity index (χ2v) is 5.72. The molecule has 0 aliphatic heterocycles. The topological polar surface area (TPSA) is 84.7 Å². The minimum Gasteiger partial charge on any atom is -0.489 e. The van der Waals surface area contributed by atoms with E-state index in [1.165, 1.54) is 23.3 Å². The summed E-state index contributed by atoms with van der Waals surface area (Å²) in [6.07, 6.45) is -3.18. The van der Waals surface area contributed by atoms with E-state index < -0.39 is 11.7 Å². The lowest BCUT2D eigenvalue weighted by molar-refractivity contribution is -0.138. The number of aliphatic hydroxyl groups is 1. The number of benzene rings is 2. The van der Waals surface area contributed by atoms with E-state index >= 15 is 0 Å². The van der Waals surface area contributed by atoms with Crippen LogP contribution in [0.25, 0.3) is 0 Å². The van der Waals surface area contributed by atoms with Crippen molar-refractivity contribution in [1.82, 2.24) is 0 Å². The Kier molecular flexibility index (Phi) is 6.36. The Morgan fingerprint density at radius 2 is 1.85 bits per heavy atom. The van der Waals surface area contributed by atoms with E-state index in [4.69, 9.17) is 33.0 Å². The van der Waals surface area contributed by atoms with E-state index in [9.17, 15) is 13.2 Å².